The van der Waals surface area contributed by atoms with Gasteiger partial charge in [-0.15, -0.1) is 0 Å². The molecule has 2 bridgehead atoms. The molecular weight excluding hydrogens is 323 g/mol. The number of piperidine rings is 2. The highest BCUT2D eigenvalue weighted by Crippen LogP contribution is 2.42. The fourth-order valence-electron chi connectivity index (χ4n) is 4.20. The Kier molecular flexibility index (Phi) is 3.63. The Morgan fingerprint density at radius 3 is 2.62 bits per heavy atom. The van der Waals surface area contributed by atoms with Gasteiger partial charge < -0.3 is 10.0 Å². The molecule has 2 aliphatic carbocycles. The Bertz CT molecular complexity index is 653. The maximum atomic E-state index is 13.0. The molecule has 0 radical (unpaired) electrons. The summed E-state index contributed by atoms with van der Waals surface area (Å²) in [5, 5.41) is 13.2. The molecule has 3 unspecified atom stereocenters. The van der Waals surface area contributed by atoms with Crippen LogP contribution in [-0.4, -0.2) is 44.9 Å². The van der Waals surface area contributed by atoms with E-state index < -0.39 is 11.9 Å². The number of rotatable bonds is 3. The number of carbonyl (C=O) groups is 1. The van der Waals surface area contributed by atoms with E-state index >= 15 is 0 Å². The van der Waals surface area contributed by atoms with Gasteiger partial charge in [-0.3, -0.25) is 9.48 Å². The summed E-state index contributed by atoms with van der Waals surface area (Å²) in [6.45, 7) is 0.581. The van der Waals surface area contributed by atoms with Gasteiger partial charge in [0.15, 0.2) is 5.69 Å². The quantitative estimate of drug-likeness (QED) is 0.917. The van der Waals surface area contributed by atoms with E-state index in [9.17, 15) is 23.1 Å². The minimum Gasteiger partial charge on any atom is -0.396 e. The zero-order valence-electron chi connectivity index (χ0n) is 13.2. The average molecular weight is 343 g/mol. The number of fused-ring (bicyclic) bond motifs is 3. The van der Waals surface area contributed by atoms with Crippen LogP contribution in [-0.2, 0) is 6.18 Å². The maximum Gasteiger partial charge on any atom is 0.435 e. The van der Waals surface area contributed by atoms with Crippen molar-refractivity contribution in [2.24, 2.45) is 11.8 Å². The number of hydrogen-bond donors (Lipinski definition) is 1. The summed E-state index contributed by atoms with van der Waals surface area (Å²) >= 11 is 0. The first-order chi connectivity index (χ1) is 11.4. The minimum absolute atomic E-state index is 0.0145. The van der Waals surface area contributed by atoms with E-state index in [4.69, 9.17) is 0 Å². The topological polar surface area (TPSA) is 58.4 Å². The molecule has 4 fully saturated rings. The lowest BCUT2D eigenvalue weighted by molar-refractivity contribution is -0.141. The number of hydrogen-bond acceptors (Lipinski definition) is 3. The Morgan fingerprint density at radius 2 is 2.04 bits per heavy atom. The smallest absolute Gasteiger partial charge is 0.396 e. The van der Waals surface area contributed by atoms with Crippen LogP contribution in [0.2, 0.25) is 0 Å². The predicted molar refractivity (Wildman–Crippen MR) is 78.2 cm³/mol. The summed E-state index contributed by atoms with van der Waals surface area (Å²) in [6, 6.07) is 0.705. The third-order valence-corrected chi connectivity index (χ3v) is 5.54. The number of aliphatic hydroxyl groups is 1. The van der Waals surface area contributed by atoms with Crippen molar-refractivity contribution in [3.8, 4) is 0 Å². The third kappa shape index (κ3) is 2.60. The summed E-state index contributed by atoms with van der Waals surface area (Å²) in [5.74, 6) is -0.0194. The largest absolute Gasteiger partial charge is 0.435 e. The summed E-state index contributed by atoms with van der Waals surface area (Å²) in [4.78, 5) is 14.6. The second-order valence-electron chi connectivity index (χ2n) is 7.23. The average Bonchev–Trinajstić information content (AvgIpc) is 3.31. The van der Waals surface area contributed by atoms with E-state index in [1.165, 1.54) is 4.68 Å². The second-order valence-corrected chi connectivity index (χ2v) is 7.23. The van der Waals surface area contributed by atoms with Crippen LogP contribution in [0.3, 0.4) is 0 Å². The molecule has 1 aromatic heterocycles. The lowest BCUT2D eigenvalue weighted by atomic mass is 9.73. The lowest BCUT2D eigenvalue weighted by Crippen LogP contribution is -2.56. The van der Waals surface area contributed by atoms with Gasteiger partial charge in [0.2, 0.25) is 0 Å². The van der Waals surface area contributed by atoms with Crippen molar-refractivity contribution >= 4 is 5.91 Å². The molecule has 132 valence electrons. The molecule has 2 aliphatic heterocycles. The summed E-state index contributed by atoms with van der Waals surface area (Å²) in [6.07, 6.45) is -0.328. The van der Waals surface area contributed by atoms with Gasteiger partial charge in [-0.1, -0.05) is 0 Å². The Morgan fingerprint density at radius 1 is 1.29 bits per heavy atom. The molecule has 1 amide bonds. The van der Waals surface area contributed by atoms with Crippen LogP contribution in [0.15, 0.2) is 6.07 Å². The van der Waals surface area contributed by atoms with Crippen LogP contribution in [0.4, 0.5) is 13.2 Å². The van der Waals surface area contributed by atoms with Gasteiger partial charge >= 0.3 is 6.18 Å². The van der Waals surface area contributed by atoms with Crippen LogP contribution in [0.1, 0.15) is 54.3 Å². The molecule has 2 saturated carbocycles. The van der Waals surface area contributed by atoms with E-state index in [1.54, 1.807) is 4.90 Å². The number of nitrogens with zero attached hydrogens (tertiary/aromatic N) is 3. The third-order valence-electron chi connectivity index (χ3n) is 5.54. The van der Waals surface area contributed by atoms with Crippen molar-refractivity contribution in [3.05, 3.63) is 17.5 Å². The lowest BCUT2D eigenvalue weighted by Gasteiger charge is -2.49. The first-order valence-electron chi connectivity index (χ1n) is 8.47. The van der Waals surface area contributed by atoms with Gasteiger partial charge in [0.1, 0.15) is 5.69 Å². The summed E-state index contributed by atoms with van der Waals surface area (Å²) < 4.78 is 40.3. The molecule has 8 heteroatoms. The molecule has 5 rings (SSSR count). The molecule has 24 heavy (non-hydrogen) atoms. The van der Waals surface area contributed by atoms with Crippen molar-refractivity contribution in [2.75, 3.05) is 13.2 Å². The highest BCUT2D eigenvalue weighted by molar-refractivity contribution is 5.93. The Hall–Kier alpha value is -1.57. The van der Waals surface area contributed by atoms with Crippen molar-refractivity contribution in [2.45, 2.75) is 50.4 Å². The number of halogens is 3. The van der Waals surface area contributed by atoms with Crippen molar-refractivity contribution < 1.29 is 23.1 Å². The van der Waals surface area contributed by atoms with E-state index in [1.807, 2.05) is 0 Å². The molecule has 0 aromatic carbocycles. The van der Waals surface area contributed by atoms with Crippen LogP contribution in [0, 0.1) is 11.8 Å². The molecule has 2 saturated heterocycles. The number of alkyl halides is 3. The van der Waals surface area contributed by atoms with Crippen LogP contribution < -0.4 is 0 Å². The first-order valence-corrected chi connectivity index (χ1v) is 8.47. The molecule has 1 N–H and O–H groups in total. The number of aliphatic hydroxyl groups excluding tert-OH is 1. The van der Waals surface area contributed by atoms with Gasteiger partial charge in [-0.2, -0.15) is 18.3 Å². The highest BCUT2D eigenvalue weighted by atomic mass is 19.4. The van der Waals surface area contributed by atoms with Crippen molar-refractivity contribution in [1.82, 2.24) is 14.7 Å². The first kappa shape index (κ1) is 15.9. The molecule has 5 nitrogen and oxygen atoms in total. The fraction of sp³-hybridized carbons (Fsp3) is 0.750. The molecule has 4 aliphatic rings. The van der Waals surface area contributed by atoms with Gasteiger partial charge in [0, 0.05) is 31.2 Å². The number of carbonyl (C=O) groups excluding carboxylic acids is 1. The SMILES string of the molecule is O=C(c1cc(C(F)(F)F)nn1C1CC1)N1CC2CCC1C(CO)C2. The summed E-state index contributed by atoms with van der Waals surface area (Å²) in [7, 11) is 0. The van der Waals surface area contributed by atoms with E-state index in [-0.39, 0.29) is 36.2 Å². The maximum absolute atomic E-state index is 13.0. The molecule has 0 spiro atoms. The van der Waals surface area contributed by atoms with Crippen LogP contribution in [0.5, 0.6) is 0 Å². The van der Waals surface area contributed by atoms with Crippen LogP contribution >= 0.6 is 0 Å². The standard InChI is InChI=1S/C16H20F3N3O2/c17-16(18,19)14-6-13(22(20-14)11-2-3-11)15(24)21-7-9-1-4-12(21)10(5-9)8-23/h6,9-12,23H,1-5,7-8H2. The zero-order valence-corrected chi connectivity index (χ0v) is 13.2. The molecule has 3 heterocycles. The minimum atomic E-state index is -4.55. The molecular formula is C16H20F3N3O2. The number of aromatic nitrogens is 2. The molecule has 3 atom stereocenters. The normalized spacial score (nSPS) is 30.0. The predicted octanol–water partition coefficient (Wildman–Crippen LogP) is 2.47. The van der Waals surface area contributed by atoms with Gasteiger partial charge in [-0.25, -0.2) is 0 Å². The van der Waals surface area contributed by atoms with Crippen molar-refractivity contribution in [3.63, 3.8) is 0 Å². The zero-order chi connectivity index (χ0) is 17.1. The number of amides is 1. The fourth-order valence-corrected chi connectivity index (χ4v) is 4.20. The van der Waals surface area contributed by atoms with Crippen LogP contribution in [0.25, 0.3) is 0 Å². The van der Waals surface area contributed by atoms with E-state index in [0.717, 1.165) is 38.2 Å². The van der Waals surface area contributed by atoms with E-state index in [0.29, 0.717) is 12.5 Å². The second kappa shape index (κ2) is 5.47. The summed E-state index contributed by atoms with van der Waals surface area (Å²) in [5.41, 5.74) is -0.965. The monoisotopic (exact) mass is 343 g/mol. The Labute approximate surface area is 137 Å². The van der Waals surface area contributed by atoms with Gasteiger partial charge in [-0.05, 0) is 38.0 Å². The molecule has 1 aromatic rings. The Balaban J connectivity index is 1.66. The van der Waals surface area contributed by atoms with Crippen molar-refractivity contribution in [1.29, 1.82) is 0 Å². The highest BCUT2D eigenvalue weighted by Gasteiger charge is 2.45. The van der Waals surface area contributed by atoms with E-state index in [2.05, 4.69) is 5.10 Å². The van der Waals surface area contributed by atoms with Gasteiger partial charge in [0.05, 0.1) is 6.04 Å². The van der Waals surface area contributed by atoms with Gasteiger partial charge in [0.25, 0.3) is 5.91 Å².